The first kappa shape index (κ1) is 11.5. The SMILES string of the molecule is Cn1ccc2cc(Cl)c(CCCCN)cc21. The van der Waals surface area contributed by atoms with E-state index >= 15 is 0 Å². The second-order valence-corrected chi connectivity index (χ2v) is 4.58. The highest BCUT2D eigenvalue weighted by Gasteiger charge is 2.05. The molecule has 0 aliphatic carbocycles. The maximum atomic E-state index is 6.25. The van der Waals surface area contributed by atoms with Crippen molar-refractivity contribution in [1.29, 1.82) is 0 Å². The molecule has 0 atom stereocenters. The summed E-state index contributed by atoms with van der Waals surface area (Å²) < 4.78 is 2.12. The fraction of sp³-hybridized carbons (Fsp3) is 0.385. The highest BCUT2D eigenvalue weighted by Crippen LogP contribution is 2.25. The second-order valence-electron chi connectivity index (χ2n) is 4.17. The summed E-state index contributed by atoms with van der Waals surface area (Å²) in [4.78, 5) is 0. The number of hydrogen-bond donors (Lipinski definition) is 1. The van der Waals surface area contributed by atoms with Gasteiger partial charge in [-0.25, -0.2) is 0 Å². The van der Waals surface area contributed by atoms with Crippen LogP contribution in [0.25, 0.3) is 10.9 Å². The quantitative estimate of drug-likeness (QED) is 0.813. The fourth-order valence-electron chi connectivity index (χ4n) is 1.98. The summed E-state index contributed by atoms with van der Waals surface area (Å²) in [7, 11) is 2.06. The Balaban J connectivity index is 2.29. The third kappa shape index (κ3) is 2.23. The van der Waals surface area contributed by atoms with Gasteiger partial charge in [-0.15, -0.1) is 0 Å². The van der Waals surface area contributed by atoms with Crippen LogP contribution in [0.3, 0.4) is 0 Å². The highest BCUT2D eigenvalue weighted by atomic mass is 35.5. The van der Waals surface area contributed by atoms with Crippen molar-refractivity contribution in [1.82, 2.24) is 4.57 Å². The van der Waals surface area contributed by atoms with Crippen molar-refractivity contribution in [3.05, 3.63) is 35.0 Å². The summed E-state index contributed by atoms with van der Waals surface area (Å²) in [6.45, 7) is 0.754. The predicted molar refractivity (Wildman–Crippen MR) is 69.9 cm³/mol. The summed E-state index contributed by atoms with van der Waals surface area (Å²) in [6, 6.07) is 6.33. The molecule has 0 bridgehead atoms. The summed E-state index contributed by atoms with van der Waals surface area (Å²) in [5.74, 6) is 0. The Morgan fingerprint density at radius 2 is 2.12 bits per heavy atom. The molecular formula is C13H17ClN2. The molecule has 0 fully saturated rings. The molecular weight excluding hydrogens is 220 g/mol. The van der Waals surface area contributed by atoms with E-state index in [4.69, 9.17) is 17.3 Å². The van der Waals surface area contributed by atoms with Crippen LogP contribution in [0.1, 0.15) is 18.4 Å². The number of nitrogens with zero attached hydrogens (tertiary/aromatic N) is 1. The Morgan fingerprint density at radius 1 is 1.31 bits per heavy atom. The smallest absolute Gasteiger partial charge is 0.0481 e. The van der Waals surface area contributed by atoms with Crippen molar-refractivity contribution in [3.8, 4) is 0 Å². The zero-order valence-corrected chi connectivity index (χ0v) is 10.3. The van der Waals surface area contributed by atoms with Gasteiger partial charge in [0.2, 0.25) is 0 Å². The van der Waals surface area contributed by atoms with Gasteiger partial charge in [-0.2, -0.15) is 0 Å². The molecule has 1 aromatic carbocycles. The van der Waals surface area contributed by atoms with Crippen LogP contribution in [0.15, 0.2) is 24.4 Å². The molecule has 86 valence electrons. The first-order valence-electron chi connectivity index (χ1n) is 5.66. The molecule has 2 N–H and O–H groups in total. The second kappa shape index (κ2) is 4.89. The van der Waals surface area contributed by atoms with Gasteiger partial charge in [0.15, 0.2) is 0 Å². The Hall–Kier alpha value is -0.990. The lowest BCUT2D eigenvalue weighted by molar-refractivity contribution is 0.745. The van der Waals surface area contributed by atoms with Crippen LogP contribution < -0.4 is 5.73 Å². The monoisotopic (exact) mass is 236 g/mol. The molecule has 2 nitrogen and oxygen atoms in total. The largest absolute Gasteiger partial charge is 0.351 e. The number of rotatable bonds is 4. The minimum Gasteiger partial charge on any atom is -0.351 e. The zero-order chi connectivity index (χ0) is 11.5. The van der Waals surface area contributed by atoms with E-state index in [1.54, 1.807) is 0 Å². The minimum absolute atomic E-state index is 0.754. The molecule has 0 saturated carbocycles. The maximum absolute atomic E-state index is 6.25. The number of aryl methyl sites for hydroxylation is 2. The number of halogens is 1. The van der Waals surface area contributed by atoms with Gasteiger partial charge >= 0.3 is 0 Å². The van der Waals surface area contributed by atoms with Gasteiger partial charge in [0, 0.05) is 29.2 Å². The minimum atomic E-state index is 0.754. The molecule has 1 aromatic heterocycles. The molecule has 0 radical (unpaired) electrons. The van der Waals surface area contributed by atoms with E-state index in [0.29, 0.717) is 0 Å². The van der Waals surface area contributed by atoms with E-state index in [1.165, 1.54) is 16.5 Å². The van der Waals surface area contributed by atoms with Crippen LogP contribution in [-0.2, 0) is 13.5 Å². The van der Waals surface area contributed by atoms with Gasteiger partial charge in [-0.3, -0.25) is 0 Å². The molecule has 2 rings (SSSR count). The Kier molecular flexibility index (Phi) is 3.52. The highest BCUT2D eigenvalue weighted by molar-refractivity contribution is 6.32. The molecule has 0 unspecified atom stereocenters. The van der Waals surface area contributed by atoms with Crippen molar-refractivity contribution in [2.45, 2.75) is 19.3 Å². The number of benzene rings is 1. The third-order valence-corrected chi connectivity index (χ3v) is 3.31. The fourth-order valence-corrected chi connectivity index (χ4v) is 2.25. The molecule has 0 amide bonds. The van der Waals surface area contributed by atoms with E-state index in [0.717, 1.165) is 30.8 Å². The van der Waals surface area contributed by atoms with Crippen LogP contribution in [0, 0.1) is 0 Å². The van der Waals surface area contributed by atoms with Crippen molar-refractivity contribution in [2.75, 3.05) is 6.54 Å². The lowest BCUT2D eigenvalue weighted by Gasteiger charge is -2.05. The summed E-state index contributed by atoms with van der Waals surface area (Å²) in [5.41, 5.74) is 7.96. The van der Waals surface area contributed by atoms with E-state index in [2.05, 4.69) is 36.0 Å². The van der Waals surface area contributed by atoms with Gasteiger partial charge in [-0.1, -0.05) is 11.6 Å². The lowest BCUT2D eigenvalue weighted by atomic mass is 10.1. The van der Waals surface area contributed by atoms with Crippen LogP contribution >= 0.6 is 11.6 Å². The van der Waals surface area contributed by atoms with E-state index in [9.17, 15) is 0 Å². The van der Waals surface area contributed by atoms with Gasteiger partial charge in [0.05, 0.1) is 0 Å². The molecule has 0 saturated heterocycles. The Morgan fingerprint density at radius 3 is 2.88 bits per heavy atom. The van der Waals surface area contributed by atoms with Gasteiger partial charge < -0.3 is 10.3 Å². The standard InChI is InChI=1S/C13H17ClN2/c1-16-7-5-11-8-12(14)10(9-13(11)16)4-2-3-6-15/h5,7-9H,2-4,6,15H2,1H3. The Labute approximate surface area is 101 Å². The number of fused-ring (bicyclic) bond motifs is 1. The Bertz CT molecular complexity index is 488. The van der Waals surface area contributed by atoms with Crippen LogP contribution in [0.5, 0.6) is 0 Å². The molecule has 1 heterocycles. The molecule has 16 heavy (non-hydrogen) atoms. The van der Waals surface area contributed by atoms with Crippen molar-refractivity contribution in [2.24, 2.45) is 12.8 Å². The third-order valence-electron chi connectivity index (χ3n) is 2.95. The van der Waals surface area contributed by atoms with Crippen LogP contribution in [0.4, 0.5) is 0 Å². The normalized spacial score (nSPS) is 11.2. The lowest BCUT2D eigenvalue weighted by Crippen LogP contribution is -1.99. The van der Waals surface area contributed by atoms with E-state index < -0.39 is 0 Å². The number of unbranched alkanes of at least 4 members (excludes halogenated alkanes) is 1. The molecule has 0 aliphatic heterocycles. The molecule has 0 spiro atoms. The van der Waals surface area contributed by atoms with E-state index in [-0.39, 0.29) is 0 Å². The average molecular weight is 237 g/mol. The van der Waals surface area contributed by atoms with Crippen molar-refractivity contribution < 1.29 is 0 Å². The van der Waals surface area contributed by atoms with Gasteiger partial charge in [0.25, 0.3) is 0 Å². The van der Waals surface area contributed by atoms with Crippen LogP contribution in [-0.4, -0.2) is 11.1 Å². The maximum Gasteiger partial charge on any atom is 0.0481 e. The first-order chi connectivity index (χ1) is 7.72. The van der Waals surface area contributed by atoms with E-state index in [1.807, 2.05) is 0 Å². The van der Waals surface area contributed by atoms with Gasteiger partial charge in [-0.05, 0) is 49.6 Å². The first-order valence-corrected chi connectivity index (χ1v) is 6.03. The van der Waals surface area contributed by atoms with Gasteiger partial charge in [0.1, 0.15) is 0 Å². The topological polar surface area (TPSA) is 30.9 Å². The predicted octanol–water partition coefficient (Wildman–Crippen LogP) is 3.11. The van der Waals surface area contributed by atoms with Crippen molar-refractivity contribution >= 4 is 22.5 Å². The molecule has 2 aromatic rings. The number of aromatic nitrogens is 1. The average Bonchev–Trinajstić information content (AvgIpc) is 2.61. The zero-order valence-electron chi connectivity index (χ0n) is 9.54. The summed E-state index contributed by atoms with van der Waals surface area (Å²) in [6.07, 6.45) is 5.23. The van der Waals surface area contributed by atoms with Crippen molar-refractivity contribution in [3.63, 3.8) is 0 Å². The molecule has 3 heteroatoms. The summed E-state index contributed by atoms with van der Waals surface area (Å²) in [5, 5.41) is 2.07. The number of hydrogen-bond acceptors (Lipinski definition) is 1. The number of nitrogens with two attached hydrogens (primary N) is 1. The molecule has 0 aliphatic rings. The van der Waals surface area contributed by atoms with Crippen LogP contribution in [0.2, 0.25) is 5.02 Å². The summed E-state index contributed by atoms with van der Waals surface area (Å²) >= 11 is 6.25.